The lowest BCUT2D eigenvalue weighted by Crippen LogP contribution is -2.22. The summed E-state index contributed by atoms with van der Waals surface area (Å²) in [6.45, 7) is 2.75. The lowest BCUT2D eigenvalue weighted by Gasteiger charge is -2.08. The molecule has 1 aliphatic heterocycles. The van der Waals surface area contributed by atoms with Crippen LogP contribution in [-0.2, 0) is 11.3 Å². The average molecular weight is 444 g/mol. The Balaban J connectivity index is 1.39. The highest BCUT2D eigenvalue weighted by Gasteiger charge is 2.19. The van der Waals surface area contributed by atoms with E-state index in [1.54, 1.807) is 22.8 Å². The second kappa shape index (κ2) is 7.65. The van der Waals surface area contributed by atoms with Gasteiger partial charge in [0.25, 0.3) is 5.56 Å². The smallest absolute Gasteiger partial charge is 0.272 e. The molecule has 5 rings (SSSR count). The van der Waals surface area contributed by atoms with Crippen molar-refractivity contribution < 1.29 is 14.3 Å². The molecule has 9 nitrogen and oxygen atoms in total. The molecule has 4 aromatic rings. The van der Waals surface area contributed by atoms with Crippen LogP contribution >= 0.6 is 23.1 Å². The molecule has 0 unspecified atom stereocenters. The molecule has 0 saturated carbocycles. The number of rotatable bonds is 6. The van der Waals surface area contributed by atoms with Gasteiger partial charge in [-0.15, -0.1) is 21.5 Å². The van der Waals surface area contributed by atoms with Crippen molar-refractivity contribution in [2.45, 2.75) is 25.0 Å². The lowest BCUT2D eigenvalue weighted by atomic mass is 10.3. The molecule has 1 N–H and O–H groups in total. The minimum Gasteiger partial charge on any atom is -0.454 e. The molecule has 1 aromatic carbocycles. The van der Waals surface area contributed by atoms with E-state index in [9.17, 15) is 9.59 Å². The van der Waals surface area contributed by atoms with E-state index in [0.717, 1.165) is 11.9 Å². The van der Waals surface area contributed by atoms with E-state index in [0.29, 0.717) is 39.4 Å². The summed E-state index contributed by atoms with van der Waals surface area (Å²) in [5, 5.41) is 13.8. The number of anilines is 1. The van der Waals surface area contributed by atoms with Crippen molar-refractivity contribution in [2.24, 2.45) is 0 Å². The number of carbonyl (C=O) groups is 1. The molecule has 0 saturated heterocycles. The highest BCUT2D eigenvalue weighted by molar-refractivity contribution is 7.99. The minimum atomic E-state index is -0.181. The number of amides is 1. The van der Waals surface area contributed by atoms with Crippen molar-refractivity contribution >= 4 is 50.7 Å². The topological polar surface area (TPSA) is 99.8 Å². The number of aromatic nitrogens is 4. The minimum absolute atomic E-state index is 0.0566. The van der Waals surface area contributed by atoms with Gasteiger partial charge in [0, 0.05) is 18.3 Å². The molecule has 3 aromatic heterocycles. The summed E-state index contributed by atoms with van der Waals surface area (Å²) >= 11 is 2.67. The summed E-state index contributed by atoms with van der Waals surface area (Å²) in [4.78, 5) is 25.2. The molecular weight excluding hydrogens is 426 g/mol. The highest BCUT2D eigenvalue weighted by Crippen LogP contribution is 2.34. The number of fused-ring (bicyclic) bond motifs is 4. The number of hydrogen-bond donors (Lipinski definition) is 1. The van der Waals surface area contributed by atoms with Crippen LogP contribution in [0.3, 0.4) is 0 Å². The van der Waals surface area contributed by atoms with Crippen molar-refractivity contribution in [3.63, 3.8) is 0 Å². The van der Waals surface area contributed by atoms with Crippen LogP contribution in [0.15, 0.2) is 39.6 Å². The predicted octanol–water partition coefficient (Wildman–Crippen LogP) is 2.98. The second-order valence-electron chi connectivity index (χ2n) is 6.61. The van der Waals surface area contributed by atoms with Gasteiger partial charge in [0.2, 0.25) is 18.5 Å². The van der Waals surface area contributed by atoms with E-state index in [-0.39, 0.29) is 24.0 Å². The van der Waals surface area contributed by atoms with Gasteiger partial charge in [-0.2, -0.15) is 0 Å². The SMILES string of the molecule is CCCn1c(=O)c2sccc2n2c(SCC(=O)Nc3ccc4c(c3)OCO4)nnc12. The number of benzene rings is 1. The van der Waals surface area contributed by atoms with Crippen LogP contribution in [0.25, 0.3) is 16.0 Å². The second-order valence-corrected chi connectivity index (χ2v) is 8.47. The first-order valence-electron chi connectivity index (χ1n) is 9.33. The van der Waals surface area contributed by atoms with Crippen LogP contribution in [0.1, 0.15) is 13.3 Å². The maximum Gasteiger partial charge on any atom is 0.272 e. The number of thiophene rings is 1. The van der Waals surface area contributed by atoms with Crippen LogP contribution in [0.5, 0.6) is 11.5 Å². The zero-order valence-corrected chi connectivity index (χ0v) is 17.6. The molecule has 0 fully saturated rings. The number of ether oxygens (including phenoxy) is 2. The van der Waals surface area contributed by atoms with Gasteiger partial charge in [-0.1, -0.05) is 18.7 Å². The van der Waals surface area contributed by atoms with Crippen LogP contribution in [0.2, 0.25) is 0 Å². The molecule has 30 heavy (non-hydrogen) atoms. The van der Waals surface area contributed by atoms with Gasteiger partial charge >= 0.3 is 0 Å². The molecule has 1 aliphatic rings. The normalized spacial score (nSPS) is 12.7. The Morgan fingerprint density at radius 3 is 3.00 bits per heavy atom. The highest BCUT2D eigenvalue weighted by atomic mass is 32.2. The molecule has 4 heterocycles. The molecule has 0 bridgehead atoms. The Morgan fingerprint density at radius 1 is 1.27 bits per heavy atom. The number of hydrogen-bond acceptors (Lipinski definition) is 8. The Kier molecular flexibility index (Phi) is 4.83. The Hall–Kier alpha value is -3.05. The van der Waals surface area contributed by atoms with Gasteiger partial charge in [-0.3, -0.25) is 18.6 Å². The van der Waals surface area contributed by atoms with E-state index in [2.05, 4.69) is 15.5 Å². The molecule has 1 amide bonds. The number of carbonyl (C=O) groups excluding carboxylic acids is 1. The number of nitrogens with zero attached hydrogens (tertiary/aromatic N) is 4. The van der Waals surface area contributed by atoms with Crippen molar-refractivity contribution in [2.75, 3.05) is 17.9 Å². The molecule has 0 spiro atoms. The monoisotopic (exact) mass is 443 g/mol. The zero-order chi connectivity index (χ0) is 20.7. The fourth-order valence-electron chi connectivity index (χ4n) is 3.32. The molecular formula is C19H17N5O4S2. The van der Waals surface area contributed by atoms with Crippen LogP contribution < -0.4 is 20.3 Å². The first kappa shape index (κ1) is 18.9. The van der Waals surface area contributed by atoms with Gasteiger partial charge in [-0.25, -0.2) is 0 Å². The Bertz CT molecular complexity index is 1330. The third-order valence-electron chi connectivity index (χ3n) is 4.62. The molecule has 0 atom stereocenters. The summed E-state index contributed by atoms with van der Waals surface area (Å²) < 4.78 is 14.8. The third-order valence-corrected chi connectivity index (χ3v) is 6.44. The van der Waals surface area contributed by atoms with Gasteiger partial charge in [0.05, 0.1) is 11.3 Å². The third kappa shape index (κ3) is 3.19. The summed E-state index contributed by atoms with van der Waals surface area (Å²) in [6.07, 6.45) is 0.805. The van der Waals surface area contributed by atoms with Crippen LogP contribution in [0, 0.1) is 0 Å². The summed E-state index contributed by atoms with van der Waals surface area (Å²) in [6, 6.07) is 7.14. The molecule has 11 heteroatoms. The molecule has 0 aliphatic carbocycles. The molecule has 0 radical (unpaired) electrons. The predicted molar refractivity (Wildman–Crippen MR) is 115 cm³/mol. The average Bonchev–Trinajstić information content (AvgIpc) is 3.48. The standard InChI is InChI=1S/C19H17N5O4S2/c1-2-6-23-17(26)16-12(5-7-29-16)24-18(23)21-22-19(24)30-9-15(25)20-11-3-4-13-14(8-11)28-10-27-13/h3-5,7-8H,2,6,9-10H2,1H3,(H,20,25). The summed E-state index contributed by atoms with van der Waals surface area (Å²) in [5.74, 6) is 1.73. The van der Waals surface area contributed by atoms with E-state index in [4.69, 9.17) is 9.47 Å². The van der Waals surface area contributed by atoms with E-state index in [1.807, 2.05) is 22.8 Å². The van der Waals surface area contributed by atoms with Crippen molar-refractivity contribution in [1.29, 1.82) is 0 Å². The van der Waals surface area contributed by atoms with Gasteiger partial charge in [0.15, 0.2) is 16.7 Å². The van der Waals surface area contributed by atoms with Gasteiger partial charge < -0.3 is 14.8 Å². The van der Waals surface area contributed by atoms with Crippen LogP contribution in [0.4, 0.5) is 5.69 Å². The van der Waals surface area contributed by atoms with Crippen molar-refractivity contribution in [1.82, 2.24) is 19.2 Å². The lowest BCUT2D eigenvalue weighted by molar-refractivity contribution is -0.113. The maximum atomic E-state index is 12.8. The number of nitrogens with one attached hydrogen (secondary N) is 1. The van der Waals surface area contributed by atoms with Crippen LogP contribution in [-0.4, -0.2) is 37.6 Å². The Labute approximate surface area is 178 Å². The summed E-state index contributed by atoms with van der Waals surface area (Å²) in [5.41, 5.74) is 1.34. The van der Waals surface area contributed by atoms with E-state index < -0.39 is 0 Å². The largest absolute Gasteiger partial charge is 0.454 e. The first-order chi connectivity index (χ1) is 14.7. The fraction of sp³-hybridized carbons (Fsp3) is 0.263. The zero-order valence-electron chi connectivity index (χ0n) is 16.0. The Morgan fingerprint density at radius 2 is 2.13 bits per heavy atom. The first-order valence-corrected chi connectivity index (χ1v) is 11.2. The van der Waals surface area contributed by atoms with Gasteiger partial charge in [-0.05, 0) is 30.0 Å². The maximum absolute atomic E-state index is 12.8. The van der Waals surface area contributed by atoms with Crippen molar-refractivity contribution in [3.05, 3.63) is 40.0 Å². The fourth-order valence-corrected chi connectivity index (χ4v) is 4.88. The number of thioether (sulfide) groups is 1. The number of aryl methyl sites for hydroxylation is 1. The molecule has 154 valence electrons. The summed E-state index contributed by atoms with van der Waals surface area (Å²) in [7, 11) is 0. The van der Waals surface area contributed by atoms with E-state index in [1.165, 1.54) is 23.1 Å². The van der Waals surface area contributed by atoms with Gasteiger partial charge in [0.1, 0.15) is 4.70 Å². The quantitative estimate of drug-likeness (QED) is 0.457. The van der Waals surface area contributed by atoms with Crippen molar-refractivity contribution in [3.8, 4) is 11.5 Å². The van der Waals surface area contributed by atoms with E-state index >= 15 is 0 Å².